The molecule has 0 spiro atoms. The van der Waals surface area contributed by atoms with Crippen LogP contribution in [0.5, 0.6) is 0 Å². The summed E-state index contributed by atoms with van der Waals surface area (Å²) in [5.41, 5.74) is 1.61. The minimum atomic E-state index is 0.359. The predicted octanol–water partition coefficient (Wildman–Crippen LogP) is 4.17. The van der Waals surface area contributed by atoms with E-state index in [9.17, 15) is 0 Å². The minimum Gasteiger partial charge on any atom is -0.376 e. The van der Waals surface area contributed by atoms with Crippen molar-refractivity contribution in [1.82, 2.24) is 14.5 Å². The molecule has 0 aromatic carbocycles. The maximum absolute atomic E-state index is 5.99. The fourth-order valence-electron chi connectivity index (χ4n) is 2.91. The summed E-state index contributed by atoms with van der Waals surface area (Å²) < 4.78 is 8.01. The quantitative estimate of drug-likeness (QED) is 0.773. The third kappa shape index (κ3) is 3.50. The lowest BCUT2D eigenvalue weighted by Gasteiger charge is -2.22. The Morgan fingerprint density at radius 3 is 2.86 bits per heavy atom. The molecule has 4 nitrogen and oxygen atoms in total. The zero-order valence-electron chi connectivity index (χ0n) is 11.9. The average Bonchev–Trinajstić information content (AvgIpc) is 2.85. The number of ether oxygens (including phenoxy) is 1. The van der Waals surface area contributed by atoms with Crippen LogP contribution >= 0.6 is 23.2 Å². The third-order valence-corrected chi connectivity index (χ3v) is 4.42. The van der Waals surface area contributed by atoms with Crippen molar-refractivity contribution in [1.29, 1.82) is 0 Å². The molecular formula is C15H19Cl2N3O. The van der Waals surface area contributed by atoms with Crippen LogP contribution in [0.4, 0.5) is 0 Å². The van der Waals surface area contributed by atoms with Crippen molar-refractivity contribution >= 4 is 34.4 Å². The Labute approximate surface area is 134 Å². The Bertz CT molecular complexity index is 608. The summed E-state index contributed by atoms with van der Waals surface area (Å²) in [6, 6.07) is 1.82. The van der Waals surface area contributed by atoms with Crippen LogP contribution in [0.1, 0.15) is 37.9 Å². The fourth-order valence-corrected chi connectivity index (χ4v) is 3.27. The number of imidazole rings is 1. The Morgan fingerprint density at radius 2 is 2.10 bits per heavy atom. The molecule has 0 N–H and O–H groups in total. The van der Waals surface area contributed by atoms with Gasteiger partial charge in [-0.1, -0.05) is 30.9 Å². The lowest BCUT2D eigenvalue weighted by Crippen LogP contribution is -2.19. The first-order chi connectivity index (χ1) is 10.3. The van der Waals surface area contributed by atoms with Gasteiger partial charge in [0.05, 0.1) is 23.6 Å². The summed E-state index contributed by atoms with van der Waals surface area (Å²) in [5.74, 6) is 1.17. The normalized spacial score (nSPS) is 16.7. The first-order valence-corrected chi connectivity index (χ1v) is 8.37. The predicted molar refractivity (Wildman–Crippen MR) is 84.9 cm³/mol. The van der Waals surface area contributed by atoms with Crippen LogP contribution in [0.15, 0.2) is 12.3 Å². The average molecular weight is 328 g/mol. The van der Waals surface area contributed by atoms with E-state index in [1.54, 1.807) is 6.20 Å². The third-order valence-electron chi connectivity index (χ3n) is 3.97. The van der Waals surface area contributed by atoms with Crippen molar-refractivity contribution in [2.75, 3.05) is 6.61 Å². The molecule has 0 amide bonds. The van der Waals surface area contributed by atoms with Gasteiger partial charge in [0, 0.05) is 12.7 Å². The highest BCUT2D eigenvalue weighted by molar-refractivity contribution is 6.31. The number of pyridine rings is 1. The Hall–Kier alpha value is -0.840. The molecule has 6 heteroatoms. The number of halogens is 2. The summed E-state index contributed by atoms with van der Waals surface area (Å²) >= 11 is 11.9. The van der Waals surface area contributed by atoms with Gasteiger partial charge >= 0.3 is 0 Å². The lowest BCUT2D eigenvalue weighted by molar-refractivity contribution is 0.0242. The molecule has 21 heavy (non-hydrogen) atoms. The molecule has 0 aliphatic heterocycles. The van der Waals surface area contributed by atoms with Gasteiger partial charge in [-0.05, 0) is 18.9 Å². The van der Waals surface area contributed by atoms with E-state index in [1.807, 2.05) is 10.6 Å². The first kappa shape index (κ1) is 15.1. The van der Waals surface area contributed by atoms with Crippen molar-refractivity contribution in [3.8, 4) is 0 Å². The van der Waals surface area contributed by atoms with Crippen LogP contribution in [0.3, 0.4) is 0 Å². The van der Waals surface area contributed by atoms with Crippen molar-refractivity contribution in [3.05, 3.63) is 23.1 Å². The number of fused-ring (bicyclic) bond motifs is 1. The number of nitrogens with zero attached hydrogens (tertiary/aromatic N) is 3. The fraction of sp³-hybridized carbons (Fsp3) is 0.600. The van der Waals surface area contributed by atoms with E-state index in [0.29, 0.717) is 23.6 Å². The number of hydrogen-bond donors (Lipinski definition) is 0. The van der Waals surface area contributed by atoms with Crippen molar-refractivity contribution in [2.45, 2.75) is 50.6 Å². The Balaban J connectivity index is 1.70. The number of rotatable bonds is 5. The maximum Gasteiger partial charge on any atom is 0.160 e. The SMILES string of the molecule is ClCc1nc2cc(Cl)cnc2n1CCOC1CCCCC1. The van der Waals surface area contributed by atoms with E-state index in [-0.39, 0.29) is 0 Å². The number of alkyl halides is 1. The van der Waals surface area contributed by atoms with E-state index in [0.717, 1.165) is 23.5 Å². The van der Waals surface area contributed by atoms with E-state index < -0.39 is 0 Å². The topological polar surface area (TPSA) is 39.9 Å². The minimum absolute atomic E-state index is 0.359. The standard InChI is InChI=1S/C15H19Cl2N3O/c16-9-14-19-13-8-11(17)10-18-15(13)20(14)6-7-21-12-4-2-1-3-5-12/h8,10,12H,1-7,9H2. The molecule has 1 fully saturated rings. The lowest BCUT2D eigenvalue weighted by atomic mass is 9.98. The van der Waals surface area contributed by atoms with Crippen molar-refractivity contribution < 1.29 is 4.74 Å². The molecule has 0 radical (unpaired) electrons. The van der Waals surface area contributed by atoms with E-state index in [2.05, 4.69) is 9.97 Å². The van der Waals surface area contributed by atoms with Gasteiger partial charge in [0.1, 0.15) is 11.3 Å². The molecule has 0 saturated heterocycles. The monoisotopic (exact) mass is 327 g/mol. The van der Waals surface area contributed by atoms with Gasteiger partial charge in [0.2, 0.25) is 0 Å². The molecule has 2 heterocycles. The van der Waals surface area contributed by atoms with Crippen LogP contribution in [-0.2, 0) is 17.2 Å². The van der Waals surface area contributed by atoms with Gasteiger partial charge in [0.15, 0.2) is 5.65 Å². The molecule has 1 aliphatic rings. The van der Waals surface area contributed by atoms with Crippen LogP contribution < -0.4 is 0 Å². The molecule has 0 bridgehead atoms. The van der Waals surface area contributed by atoms with Crippen LogP contribution in [0.2, 0.25) is 5.02 Å². The van der Waals surface area contributed by atoms with Crippen molar-refractivity contribution in [3.63, 3.8) is 0 Å². The summed E-state index contributed by atoms with van der Waals surface area (Å²) in [4.78, 5) is 8.85. The zero-order chi connectivity index (χ0) is 14.7. The summed E-state index contributed by atoms with van der Waals surface area (Å²) in [6.07, 6.45) is 8.32. The number of hydrogen-bond acceptors (Lipinski definition) is 3. The molecule has 2 aromatic rings. The van der Waals surface area contributed by atoms with E-state index >= 15 is 0 Å². The highest BCUT2D eigenvalue weighted by atomic mass is 35.5. The van der Waals surface area contributed by atoms with Gasteiger partial charge in [-0.2, -0.15) is 0 Å². The van der Waals surface area contributed by atoms with Gasteiger partial charge < -0.3 is 9.30 Å². The molecule has 0 atom stereocenters. The summed E-state index contributed by atoms with van der Waals surface area (Å²) in [7, 11) is 0. The van der Waals surface area contributed by atoms with Gasteiger partial charge in [-0.25, -0.2) is 9.97 Å². The molecule has 1 aliphatic carbocycles. The molecule has 3 rings (SSSR count). The second-order valence-electron chi connectivity index (χ2n) is 5.44. The van der Waals surface area contributed by atoms with Crippen LogP contribution in [-0.4, -0.2) is 27.2 Å². The zero-order valence-corrected chi connectivity index (χ0v) is 13.4. The maximum atomic E-state index is 5.99. The molecule has 1 saturated carbocycles. The van der Waals surface area contributed by atoms with Crippen LogP contribution in [0.25, 0.3) is 11.2 Å². The number of aromatic nitrogens is 3. The second kappa shape index (κ2) is 6.95. The largest absolute Gasteiger partial charge is 0.376 e. The van der Waals surface area contributed by atoms with Gasteiger partial charge in [-0.15, -0.1) is 11.6 Å². The Morgan fingerprint density at radius 1 is 1.29 bits per heavy atom. The summed E-state index contributed by atoms with van der Waals surface area (Å²) in [5, 5.41) is 0.590. The highest BCUT2D eigenvalue weighted by Crippen LogP contribution is 2.21. The molecule has 114 valence electrons. The molecular weight excluding hydrogens is 309 g/mol. The van der Waals surface area contributed by atoms with Gasteiger partial charge in [-0.3, -0.25) is 0 Å². The van der Waals surface area contributed by atoms with E-state index in [4.69, 9.17) is 27.9 Å². The summed E-state index contributed by atoms with van der Waals surface area (Å²) in [6.45, 7) is 1.40. The van der Waals surface area contributed by atoms with E-state index in [1.165, 1.54) is 32.1 Å². The first-order valence-electron chi connectivity index (χ1n) is 7.46. The second-order valence-corrected chi connectivity index (χ2v) is 6.14. The van der Waals surface area contributed by atoms with Gasteiger partial charge in [0.25, 0.3) is 0 Å². The molecule has 0 unspecified atom stereocenters. The highest BCUT2D eigenvalue weighted by Gasteiger charge is 2.15. The van der Waals surface area contributed by atoms with Crippen LogP contribution in [0, 0.1) is 0 Å². The molecule has 2 aromatic heterocycles. The van der Waals surface area contributed by atoms with Crippen molar-refractivity contribution in [2.24, 2.45) is 0 Å². The Kier molecular flexibility index (Phi) is 4.99. The smallest absolute Gasteiger partial charge is 0.160 e.